The first-order valence-corrected chi connectivity index (χ1v) is 13.3. The highest BCUT2D eigenvalue weighted by Gasteiger charge is 2.31. The van der Waals surface area contributed by atoms with Gasteiger partial charge in [0.15, 0.2) is 0 Å². The molecular formula is C28H34F4N4O5. The highest BCUT2D eigenvalue weighted by molar-refractivity contribution is 5.91. The number of aliphatic hydroxyl groups excluding tert-OH is 1. The topological polar surface area (TPSA) is 143 Å². The zero-order chi connectivity index (χ0) is 30.0. The van der Waals surface area contributed by atoms with E-state index < -0.39 is 59.9 Å². The van der Waals surface area contributed by atoms with Crippen LogP contribution in [0, 0.1) is 5.82 Å². The lowest BCUT2D eigenvalue weighted by atomic mass is 9.99. The minimum atomic E-state index is -4.51. The van der Waals surface area contributed by atoms with Crippen molar-refractivity contribution in [1.82, 2.24) is 16.0 Å². The number of amides is 3. The number of nitrogens with one attached hydrogen (secondary N) is 3. The van der Waals surface area contributed by atoms with Crippen molar-refractivity contribution in [2.75, 3.05) is 13.2 Å². The third-order valence-corrected chi connectivity index (χ3v) is 6.49. The molecule has 0 radical (unpaired) electrons. The zero-order valence-electron chi connectivity index (χ0n) is 22.3. The molecule has 0 saturated heterocycles. The Bertz CT molecular complexity index is 1210. The highest BCUT2D eigenvalue weighted by Crippen LogP contribution is 2.29. The Hall–Kier alpha value is -3.71. The van der Waals surface area contributed by atoms with E-state index in [1.165, 1.54) is 24.3 Å². The van der Waals surface area contributed by atoms with Gasteiger partial charge in [0.2, 0.25) is 17.7 Å². The summed E-state index contributed by atoms with van der Waals surface area (Å²) in [7, 11) is 0. The third-order valence-electron chi connectivity index (χ3n) is 6.49. The second kappa shape index (κ2) is 14.8. The molecule has 0 saturated carbocycles. The van der Waals surface area contributed by atoms with Gasteiger partial charge >= 0.3 is 6.18 Å². The summed E-state index contributed by atoms with van der Waals surface area (Å²) in [6, 6.07) is 6.37. The molecule has 0 fully saturated rings. The Balaban J connectivity index is 1.80. The zero-order valence-corrected chi connectivity index (χ0v) is 22.3. The van der Waals surface area contributed by atoms with Crippen LogP contribution in [0.4, 0.5) is 17.6 Å². The van der Waals surface area contributed by atoms with Gasteiger partial charge in [0.05, 0.1) is 30.7 Å². The van der Waals surface area contributed by atoms with Crippen LogP contribution in [-0.2, 0) is 33.5 Å². The quantitative estimate of drug-likeness (QED) is 0.317. The van der Waals surface area contributed by atoms with Gasteiger partial charge in [-0.3, -0.25) is 14.4 Å². The molecule has 0 aliphatic carbocycles. The first kappa shape index (κ1) is 31.8. The summed E-state index contributed by atoms with van der Waals surface area (Å²) in [4.78, 5) is 37.2. The van der Waals surface area contributed by atoms with Gasteiger partial charge in [0.25, 0.3) is 0 Å². The Morgan fingerprint density at radius 3 is 2.63 bits per heavy atom. The molecule has 1 unspecified atom stereocenters. The van der Waals surface area contributed by atoms with E-state index in [2.05, 4.69) is 16.0 Å². The largest absolute Gasteiger partial charge is 0.493 e. The predicted molar refractivity (Wildman–Crippen MR) is 141 cm³/mol. The molecule has 0 aromatic heterocycles. The smallest absolute Gasteiger partial charge is 0.416 e. The van der Waals surface area contributed by atoms with E-state index in [0.29, 0.717) is 30.4 Å². The van der Waals surface area contributed by atoms with Gasteiger partial charge in [-0.05, 0) is 55.0 Å². The fourth-order valence-electron chi connectivity index (χ4n) is 4.44. The SMILES string of the molecule is NC(=O)CC1NC(=O)CCCCCOc2cc(F)cc(c2)C[C@@H]([C@H](O)CNCc2cccc(C(F)(F)F)c2)NC1=O. The van der Waals surface area contributed by atoms with Gasteiger partial charge in [-0.2, -0.15) is 13.2 Å². The van der Waals surface area contributed by atoms with Crippen molar-refractivity contribution >= 4 is 17.7 Å². The number of alkyl halides is 3. The van der Waals surface area contributed by atoms with Gasteiger partial charge in [-0.25, -0.2) is 4.39 Å². The number of ether oxygens (including phenoxy) is 1. The molecule has 224 valence electrons. The lowest BCUT2D eigenvalue weighted by Gasteiger charge is -2.27. The van der Waals surface area contributed by atoms with Gasteiger partial charge in [0.1, 0.15) is 17.6 Å². The van der Waals surface area contributed by atoms with Crippen molar-refractivity contribution in [3.63, 3.8) is 0 Å². The van der Waals surface area contributed by atoms with Gasteiger partial charge in [0, 0.05) is 25.6 Å². The maximum absolute atomic E-state index is 14.4. The molecular weight excluding hydrogens is 548 g/mol. The fourth-order valence-corrected chi connectivity index (χ4v) is 4.44. The van der Waals surface area contributed by atoms with Crippen LogP contribution < -0.4 is 26.4 Å². The Morgan fingerprint density at radius 1 is 1.12 bits per heavy atom. The second-order valence-electron chi connectivity index (χ2n) is 9.96. The average molecular weight is 583 g/mol. The molecule has 9 nitrogen and oxygen atoms in total. The summed E-state index contributed by atoms with van der Waals surface area (Å²) in [6.07, 6.45) is -4.52. The number of hydrogen-bond donors (Lipinski definition) is 5. The maximum Gasteiger partial charge on any atom is 0.416 e. The predicted octanol–water partition coefficient (Wildman–Crippen LogP) is 2.34. The number of primary amides is 1. The molecule has 3 amide bonds. The van der Waals surface area contributed by atoms with Crippen LogP contribution in [0.15, 0.2) is 42.5 Å². The van der Waals surface area contributed by atoms with Crippen molar-refractivity contribution in [1.29, 1.82) is 0 Å². The Kier molecular flexibility index (Phi) is 11.5. The van der Waals surface area contributed by atoms with Crippen molar-refractivity contribution in [2.45, 2.75) is 69.4 Å². The van der Waals surface area contributed by atoms with Gasteiger partial charge in [-0.15, -0.1) is 0 Å². The van der Waals surface area contributed by atoms with E-state index in [4.69, 9.17) is 10.5 Å². The second-order valence-corrected chi connectivity index (χ2v) is 9.96. The summed E-state index contributed by atoms with van der Waals surface area (Å²) in [5.74, 6) is -2.38. The number of fused-ring (bicyclic) bond motifs is 2. The number of carbonyl (C=O) groups excluding carboxylic acids is 3. The molecule has 41 heavy (non-hydrogen) atoms. The minimum absolute atomic E-state index is 0.0139. The molecule has 2 aromatic carbocycles. The molecule has 3 atom stereocenters. The van der Waals surface area contributed by atoms with Crippen LogP contribution in [-0.4, -0.2) is 54.2 Å². The molecule has 1 aliphatic rings. The van der Waals surface area contributed by atoms with E-state index in [0.717, 1.165) is 12.1 Å². The standard InChI is InChI=1S/C28H34F4N4O5/c29-20-10-18-11-21(13-20)41-8-3-1-2-7-26(39)35-23(14-25(33)38)27(40)36-22(12-18)24(37)16-34-15-17-5-4-6-19(9-17)28(30,31)32/h4-6,9-11,13,22-24,34,37H,1-3,7-8,12,14-16H2,(H2,33,38)(H,35,39)(H,36,40)/t22-,23?,24+/m0/s1. The van der Waals surface area contributed by atoms with Crippen LogP contribution in [0.3, 0.4) is 0 Å². The molecule has 2 aromatic rings. The number of nitrogens with two attached hydrogens (primary N) is 1. The van der Waals surface area contributed by atoms with E-state index in [9.17, 15) is 37.1 Å². The van der Waals surface area contributed by atoms with Crippen LogP contribution in [0.5, 0.6) is 5.75 Å². The molecule has 13 heteroatoms. The number of halogens is 4. The molecule has 3 rings (SSSR count). The maximum atomic E-state index is 14.4. The number of rotatable bonds is 7. The summed E-state index contributed by atoms with van der Waals surface area (Å²) in [5.41, 5.74) is 5.19. The third kappa shape index (κ3) is 10.7. The number of benzene rings is 2. The monoisotopic (exact) mass is 582 g/mol. The van der Waals surface area contributed by atoms with Crippen molar-refractivity contribution in [2.24, 2.45) is 5.73 Å². The van der Waals surface area contributed by atoms with Gasteiger partial charge < -0.3 is 31.5 Å². The van der Waals surface area contributed by atoms with Crippen LogP contribution in [0.1, 0.15) is 48.8 Å². The number of aliphatic hydroxyl groups is 1. The van der Waals surface area contributed by atoms with Crippen LogP contribution >= 0.6 is 0 Å². The van der Waals surface area contributed by atoms with Crippen LogP contribution in [0.2, 0.25) is 0 Å². The number of carbonyl (C=O) groups is 3. The summed E-state index contributed by atoms with van der Waals surface area (Å²) in [6.45, 7) is 0.115. The lowest BCUT2D eigenvalue weighted by Crippen LogP contribution is -2.55. The molecule has 1 heterocycles. The first-order chi connectivity index (χ1) is 19.4. The van der Waals surface area contributed by atoms with E-state index in [1.807, 2.05) is 0 Å². The molecule has 6 N–H and O–H groups in total. The summed E-state index contributed by atoms with van der Waals surface area (Å²) < 4.78 is 59.1. The van der Waals surface area contributed by atoms with Crippen molar-refractivity contribution < 1.29 is 41.8 Å². The molecule has 1 aliphatic heterocycles. The normalized spacial score (nSPS) is 19.9. The van der Waals surface area contributed by atoms with Crippen molar-refractivity contribution in [3.05, 3.63) is 65.0 Å². The van der Waals surface area contributed by atoms with Crippen molar-refractivity contribution in [3.8, 4) is 5.75 Å². The Morgan fingerprint density at radius 2 is 1.90 bits per heavy atom. The molecule has 2 bridgehead atoms. The van der Waals surface area contributed by atoms with Gasteiger partial charge in [-0.1, -0.05) is 18.2 Å². The lowest BCUT2D eigenvalue weighted by molar-refractivity contribution is -0.137. The van der Waals surface area contributed by atoms with Crippen LogP contribution in [0.25, 0.3) is 0 Å². The summed E-state index contributed by atoms with van der Waals surface area (Å²) >= 11 is 0. The summed E-state index contributed by atoms with van der Waals surface area (Å²) in [5, 5.41) is 19.0. The minimum Gasteiger partial charge on any atom is -0.493 e. The Labute approximate surface area is 234 Å². The first-order valence-electron chi connectivity index (χ1n) is 13.3. The fraction of sp³-hybridized carbons (Fsp3) is 0.464. The number of hydrogen-bond acceptors (Lipinski definition) is 6. The average Bonchev–Trinajstić information content (AvgIpc) is 2.88. The van der Waals surface area contributed by atoms with E-state index >= 15 is 0 Å². The van der Waals surface area contributed by atoms with E-state index in [-0.39, 0.29) is 38.3 Å². The molecule has 0 spiro atoms. The highest BCUT2D eigenvalue weighted by atomic mass is 19.4. The van der Waals surface area contributed by atoms with E-state index in [1.54, 1.807) is 6.07 Å².